The predicted molar refractivity (Wildman–Crippen MR) is 100 cm³/mol. The molecule has 0 atom stereocenters. The molecule has 0 saturated heterocycles. The predicted octanol–water partition coefficient (Wildman–Crippen LogP) is 3.67. The fraction of sp³-hybridized carbons (Fsp3) is 0.333. The Labute approximate surface area is 150 Å². The van der Waals surface area contributed by atoms with Gasteiger partial charge in [0.1, 0.15) is 5.69 Å². The Kier molecular flexibility index (Phi) is 6.20. The van der Waals surface area contributed by atoms with Gasteiger partial charge in [0, 0.05) is 26.0 Å². The molecule has 2 rings (SSSR count). The summed E-state index contributed by atoms with van der Waals surface area (Å²) in [5, 5.41) is 5.42. The van der Waals surface area contributed by atoms with Crippen LogP contribution in [0.1, 0.15) is 25.0 Å². The summed E-state index contributed by atoms with van der Waals surface area (Å²) in [6, 6.07) is 7.66. The number of benzene rings is 1. The molecule has 1 heterocycles. The first-order valence-corrected chi connectivity index (χ1v) is 8.63. The van der Waals surface area contributed by atoms with Gasteiger partial charge >= 0.3 is 6.03 Å². The van der Waals surface area contributed by atoms with Gasteiger partial charge in [-0.3, -0.25) is 4.79 Å². The van der Waals surface area contributed by atoms with Crippen molar-refractivity contribution >= 4 is 27.6 Å². The number of hydrogen-bond acceptors (Lipinski definition) is 2. The van der Waals surface area contributed by atoms with E-state index in [1.807, 2.05) is 18.2 Å². The van der Waals surface area contributed by atoms with Gasteiger partial charge in [0.2, 0.25) is 5.43 Å². The quantitative estimate of drug-likeness (QED) is 0.816. The lowest BCUT2D eigenvalue weighted by Crippen LogP contribution is -2.31. The maximum absolute atomic E-state index is 12.1. The second kappa shape index (κ2) is 8.15. The number of anilines is 1. The molecule has 6 heteroatoms. The van der Waals surface area contributed by atoms with Crippen LogP contribution in [0.5, 0.6) is 0 Å². The molecular weight excluding hydrogens is 370 g/mol. The molecule has 128 valence electrons. The van der Waals surface area contributed by atoms with Crippen molar-refractivity contribution in [2.45, 2.75) is 26.8 Å². The van der Waals surface area contributed by atoms with E-state index in [1.165, 1.54) is 5.56 Å². The Bertz CT molecular complexity index is 784. The minimum absolute atomic E-state index is 0.236. The van der Waals surface area contributed by atoms with Gasteiger partial charge in [-0.25, -0.2) is 4.79 Å². The van der Waals surface area contributed by atoms with E-state index < -0.39 is 6.03 Å². The number of urea groups is 1. The van der Waals surface area contributed by atoms with Gasteiger partial charge in [-0.15, -0.1) is 0 Å². The number of nitrogens with one attached hydrogen (secondary N) is 2. The minimum atomic E-state index is -0.399. The van der Waals surface area contributed by atoms with E-state index in [0.29, 0.717) is 16.9 Å². The lowest BCUT2D eigenvalue weighted by Gasteiger charge is -2.13. The Morgan fingerprint density at radius 3 is 2.54 bits per heavy atom. The second-order valence-electron chi connectivity index (χ2n) is 6.19. The third-order valence-corrected chi connectivity index (χ3v) is 4.11. The van der Waals surface area contributed by atoms with Crippen molar-refractivity contribution < 1.29 is 4.79 Å². The van der Waals surface area contributed by atoms with E-state index in [9.17, 15) is 9.59 Å². The Hall–Kier alpha value is -2.08. The van der Waals surface area contributed by atoms with E-state index in [1.54, 1.807) is 24.0 Å². The van der Waals surface area contributed by atoms with Gasteiger partial charge in [0.05, 0.1) is 4.47 Å². The maximum atomic E-state index is 12.1. The largest absolute Gasteiger partial charge is 0.354 e. The zero-order chi connectivity index (χ0) is 17.7. The summed E-state index contributed by atoms with van der Waals surface area (Å²) in [6.07, 6.45) is 4.19. The molecule has 2 aromatic rings. The molecule has 2 amide bonds. The first-order valence-electron chi connectivity index (χ1n) is 7.84. The first kappa shape index (κ1) is 18.3. The summed E-state index contributed by atoms with van der Waals surface area (Å²) in [5.74, 6) is 0.546. The molecule has 5 nitrogen and oxygen atoms in total. The molecule has 0 radical (unpaired) electrons. The summed E-state index contributed by atoms with van der Waals surface area (Å²) in [6.45, 7) is 4.75. The molecule has 0 aliphatic heterocycles. The number of amides is 2. The molecule has 1 aromatic carbocycles. The highest BCUT2D eigenvalue weighted by molar-refractivity contribution is 9.10. The third kappa shape index (κ3) is 4.96. The smallest absolute Gasteiger partial charge is 0.319 e. The van der Waals surface area contributed by atoms with E-state index >= 15 is 0 Å². The fourth-order valence-corrected chi connectivity index (χ4v) is 3.00. The molecule has 0 saturated carbocycles. The molecular formula is C18H22BrN3O2. The minimum Gasteiger partial charge on any atom is -0.354 e. The second-order valence-corrected chi connectivity index (χ2v) is 7.04. The van der Waals surface area contributed by atoms with Crippen LogP contribution in [0.15, 0.2) is 45.9 Å². The van der Waals surface area contributed by atoms with E-state index in [2.05, 4.69) is 46.5 Å². The Balaban J connectivity index is 2.03. The topological polar surface area (TPSA) is 63.1 Å². The molecule has 0 bridgehead atoms. The number of aryl methyl sites for hydroxylation is 1. The highest BCUT2D eigenvalue weighted by Gasteiger charge is 2.10. The van der Waals surface area contributed by atoms with E-state index in [0.717, 1.165) is 12.0 Å². The van der Waals surface area contributed by atoms with Crippen molar-refractivity contribution in [1.29, 1.82) is 0 Å². The van der Waals surface area contributed by atoms with Gasteiger partial charge in [-0.2, -0.15) is 0 Å². The number of carbonyl (C=O) groups is 1. The van der Waals surface area contributed by atoms with Crippen molar-refractivity contribution in [3.63, 3.8) is 0 Å². The maximum Gasteiger partial charge on any atom is 0.319 e. The average molecular weight is 392 g/mol. The summed E-state index contributed by atoms with van der Waals surface area (Å²) in [4.78, 5) is 24.1. The molecule has 2 N–H and O–H groups in total. The van der Waals surface area contributed by atoms with Crippen LogP contribution in [0.3, 0.4) is 0 Å². The van der Waals surface area contributed by atoms with Crippen LogP contribution in [-0.4, -0.2) is 10.6 Å². The van der Waals surface area contributed by atoms with Crippen LogP contribution in [0.25, 0.3) is 0 Å². The van der Waals surface area contributed by atoms with Gasteiger partial charge in [-0.1, -0.05) is 38.1 Å². The summed E-state index contributed by atoms with van der Waals surface area (Å²) in [7, 11) is 1.79. The van der Waals surface area contributed by atoms with Gasteiger partial charge in [-0.05, 0) is 39.4 Å². The average Bonchev–Trinajstić information content (AvgIpc) is 2.50. The van der Waals surface area contributed by atoms with Crippen LogP contribution >= 0.6 is 15.9 Å². The van der Waals surface area contributed by atoms with E-state index in [4.69, 9.17) is 0 Å². The zero-order valence-electron chi connectivity index (χ0n) is 14.1. The summed E-state index contributed by atoms with van der Waals surface area (Å²) >= 11 is 3.19. The number of rotatable bonds is 5. The summed E-state index contributed by atoms with van der Waals surface area (Å²) in [5.41, 5.74) is 2.30. The standard InChI is InChI=1S/C18H22BrN3O2/c1-12(2)8-13-6-4-5-7-14(13)9-20-18(24)21-16-11-22(3)10-15(19)17(16)23/h4-7,10-12H,8-9H2,1-3H3,(H2,20,21,24). The van der Waals surface area contributed by atoms with E-state index in [-0.39, 0.29) is 11.1 Å². The molecule has 0 spiro atoms. The molecule has 0 fully saturated rings. The lowest BCUT2D eigenvalue weighted by molar-refractivity contribution is 0.251. The molecule has 0 aliphatic carbocycles. The first-order chi connectivity index (χ1) is 11.4. The van der Waals surface area contributed by atoms with Gasteiger partial charge < -0.3 is 15.2 Å². The van der Waals surface area contributed by atoms with Gasteiger partial charge in [0.15, 0.2) is 0 Å². The number of hydrogen-bond donors (Lipinski definition) is 2. The summed E-state index contributed by atoms with van der Waals surface area (Å²) < 4.78 is 2.11. The molecule has 1 aromatic heterocycles. The van der Waals surface area contributed by atoms with Crippen molar-refractivity contribution in [2.75, 3.05) is 5.32 Å². The lowest BCUT2D eigenvalue weighted by atomic mass is 9.98. The van der Waals surface area contributed by atoms with Crippen molar-refractivity contribution in [3.8, 4) is 0 Å². The number of pyridine rings is 1. The number of carbonyl (C=O) groups excluding carboxylic acids is 1. The van der Waals surface area contributed by atoms with Crippen molar-refractivity contribution in [2.24, 2.45) is 13.0 Å². The normalized spacial score (nSPS) is 10.7. The molecule has 0 unspecified atom stereocenters. The Morgan fingerprint density at radius 2 is 1.88 bits per heavy atom. The third-order valence-electron chi connectivity index (χ3n) is 3.55. The van der Waals surface area contributed by atoms with Crippen LogP contribution < -0.4 is 16.1 Å². The number of halogens is 1. The van der Waals surface area contributed by atoms with Crippen molar-refractivity contribution in [3.05, 3.63) is 62.5 Å². The van der Waals surface area contributed by atoms with Crippen LogP contribution in [0.2, 0.25) is 0 Å². The van der Waals surface area contributed by atoms with Crippen LogP contribution in [0.4, 0.5) is 10.5 Å². The van der Waals surface area contributed by atoms with Crippen LogP contribution in [0, 0.1) is 5.92 Å². The van der Waals surface area contributed by atoms with Crippen molar-refractivity contribution in [1.82, 2.24) is 9.88 Å². The SMILES string of the molecule is CC(C)Cc1ccccc1CNC(=O)Nc1cn(C)cc(Br)c1=O. The Morgan fingerprint density at radius 1 is 1.21 bits per heavy atom. The van der Waals surface area contributed by atoms with Gasteiger partial charge in [0.25, 0.3) is 0 Å². The monoisotopic (exact) mass is 391 g/mol. The highest BCUT2D eigenvalue weighted by atomic mass is 79.9. The zero-order valence-corrected chi connectivity index (χ0v) is 15.7. The molecule has 24 heavy (non-hydrogen) atoms. The number of nitrogens with zero attached hydrogens (tertiary/aromatic N) is 1. The fourth-order valence-electron chi connectivity index (χ4n) is 2.47. The number of aromatic nitrogens is 1. The highest BCUT2D eigenvalue weighted by Crippen LogP contribution is 2.14. The van der Waals surface area contributed by atoms with Crippen LogP contribution in [-0.2, 0) is 20.0 Å². The molecule has 0 aliphatic rings.